The number of aromatic nitrogens is 1. The first kappa shape index (κ1) is 18.2. The van der Waals surface area contributed by atoms with E-state index in [1.807, 2.05) is 18.2 Å². The molecule has 3 aromatic rings. The van der Waals surface area contributed by atoms with Crippen LogP contribution in [0.2, 0.25) is 5.02 Å². The van der Waals surface area contributed by atoms with Crippen LogP contribution in [0.5, 0.6) is 5.75 Å². The van der Waals surface area contributed by atoms with Crippen LogP contribution in [0.4, 0.5) is 5.69 Å². The summed E-state index contributed by atoms with van der Waals surface area (Å²) in [6.45, 7) is 1.37. The first-order valence-electron chi connectivity index (χ1n) is 8.97. The molecule has 2 atom stereocenters. The number of amides is 1. The zero-order chi connectivity index (χ0) is 18.8. The Balaban J connectivity index is 1.48. The molecule has 1 saturated heterocycles. The van der Waals surface area contributed by atoms with Crippen molar-refractivity contribution in [2.24, 2.45) is 0 Å². The van der Waals surface area contributed by atoms with Crippen molar-refractivity contribution in [1.82, 2.24) is 4.98 Å². The molecule has 1 aliphatic rings. The molecule has 1 aliphatic heterocycles. The Labute approximate surface area is 166 Å². The van der Waals surface area contributed by atoms with Crippen LogP contribution in [0.15, 0.2) is 42.5 Å². The largest absolute Gasteiger partial charge is 0.495 e. The minimum Gasteiger partial charge on any atom is -0.495 e. The highest BCUT2D eigenvalue weighted by Crippen LogP contribution is 2.29. The molecule has 0 aliphatic carbocycles. The van der Waals surface area contributed by atoms with E-state index in [0.29, 0.717) is 23.0 Å². The lowest BCUT2D eigenvalue weighted by Gasteiger charge is -2.19. The number of hydrogen-bond acceptors (Lipinski definition) is 4. The van der Waals surface area contributed by atoms with Crippen molar-refractivity contribution < 1.29 is 14.4 Å². The number of methoxy groups -OCH3 is 1. The summed E-state index contributed by atoms with van der Waals surface area (Å²) < 4.78 is 6.51. The second-order valence-electron chi connectivity index (χ2n) is 6.69. The van der Waals surface area contributed by atoms with E-state index in [-0.39, 0.29) is 11.9 Å². The van der Waals surface area contributed by atoms with Gasteiger partial charge in [-0.3, -0.25) is 4.79 Å². The van der Waals surface area contributed by atoms with Gasteiger partial charge in [0.2, 0.25) is 0 Å². The van der Waals surface area contributed by atoms with Gasteiger partial charge >= 0.3 is 0 Å². The highest BCUT2D eigenvalue weighted by molar-refractivity contribution is 7.18. The molecular formula is C20H21ClN3O2S+. The highest BCUT2D eigenvalue weighted by atomic mass is 35.5. The first-order valence-corrected chi connectivity index (χ1v) is 10.2. The number of fused-ring (bicyclic) bond motifs is 1. The second-order valence-corrected chi connectivity index (χ2v) is 8.19. The second kappa shape index (κ2) is 7.84. The minimum absolute atomic E-state index is 0.0430. The van der Waals surface area contributed by atoms with Gasteiger partial charge in [-0.15, -0.1) is 11.3 Å². The van der Waals surface area contributed by atoms with Crippen LogP contribution in [0.3, 0.4) is 0 Å². The number of para-hydroxylation sites is 1. The van der Waals surface area contributed by atoms with Crippen molar-refractivity contribution in [2.45, 2.75) is 18.9 Å². The molecular weight excluding hydrogens is 382 g/mol. The van der Waals surface area contributed by atoms with Crippen molar-refractivity contribution in [3.8, 4) is 5.75 Å². The standard InChI is InChI=1S/C20H20ClN3O2S/c1-26-17-9-8-13(21)11-15(17)22-19(25)12-24-10-4-6-16(24)20-23-14-5-2-3-7-18(14)27-20/h2-3,5,7-9,11,16H,4,6,10,12H2,1H3,(H,22,25)/p+1/t16-/m0/s1. The number of thiazole rings is 1. The molecule has 0 spiro atoms. The van der Waals surface area contributed by atoms with E-state index in [1.54, 1.807) is 36.6 Å². The molecule has 27 heavy (non-hydrogen) atoms. The molecule has 2 aromatic carbocycles. The number of quaternary nitrogens is 1. The van der Waals surface area contributed by atoms with E-state index in [1.165, 1.54) is 9.60 Å². The number of carbonyl (C=O) groups excluding carboxylic acids is 1. The third-order valence-corrected chi connectivity index (χ3v) is 6.30. The molecule has 0 saturated carbocycles. The third-order valence-electron chi connectivity index (χ3n) is 4.92. The van der Waals surface area contributed by atoms with Crippen LogP contribution in [0.25, 0.3) is 10.2 Å². The average molecular weight is 403 g/mol. The summed E-state index contributed by atoms with van der Waals surface area (Å²) in [7, 11) is 1.58. The fourth-order valence-corrected chi connectivity index (χ4v) is 4.97. The summed E-state index contributed by atoms with van der Waals surface area (Å²) in [5, 5.41) is 4.63. The molecule has 5 nitrogen and oxygen atoms in total. The van der Waals surface area contributed by atoms with Crippen LogP contribution in [-0.2, 0) is 4.79 Å². The quantitative estimate of drug-likeness (QED) is 0.688. The number of likely N-dealkylation sites (tertiary alicyclic amines) is 1. The number of nitrogens with zero attached hydrogens (tertiary/aromatic N) is 1. The number of carbonyl (C=O) groups is 1. The maximum Gasteiger partial charge on any atom is 0.279 e. The Morgan fingerprint density at radius 2 is 2.22 bits per heavy atom. The first-order chi connectivity index (χ1) is 13.1. The summed E-state index contributed by atoms with van der Waals surface area (Å²) in [5.41, 5.74) is 1.64. The van der Waals surface area contributed by atoms with Gasteiger partial charge in [0.05, 0.1) is 29.6 Å². The third kappa shape index (κ3) is 3.93. The number of hydrogen-bond donors (Lipinski definition) is 2. The molecule has 2 heterocycles. The van der Waals surface area contributed by atoms with Crippen molar-refractivity contribution in [1.29, 1.82) is 0 Å². The Morgan fingerprint density at radius 1 is 1.37 bits per heavy atom. The van der Waals surface area contributed by atoms with Gasteiger partial charge < -0.3 is 15.0 Å². The van der Waals surface area contributed by atoms with E-state index >= 15 is 0 Å². The van der Waals surface area contributed by atoms with Gasteiger partial charge in [0, 0.05) is 17.9 Å². The van der Waals surface area contributed by atoms with E-state index < -0.39 is 0 Å². The van der Waals surface area contributed by atoms with Crippen molar-refractivity contribution in [3.05, 3.63) is 52.5 Å². The van der Waals surface area contributed by atoms with Gasteiger partial charge in [0.15, 0.2) is 11.6 Å². The normalized spacial score (nSPS) is 19.3. The number of rotatable bonds is 5. The molecule has 4 rings (SSSR count). The molecule has 2 N–H and O–H groups in total. The molecule has 140 valence electrons. The maximum atomic E-state index is 12.6. The lowest BCUT2D eigenvalue weighted by atomic mass is 10.2. The summed E-state index contributed by atoms with van der Waals surface area (Å²) in [6.07, 6.45) is 2.16. The predicted molar refractivity (Wildman–Crippen MR) is 109 cm³/mol. The summed E-state index contributed by atoms with van der Waals surface area (Å²) in [5.74, 6) is 0.561. The zero-order valence-corrected chi connectivity index (χ0v) is 16.6. The molecule has 1 fully saturated rings. The van der Waals surface area contributed by atoms with Crippen LogP contribution in [0, 0.1) is 0 Å². The van der Waals surface area contributed by atoms with Gasteiger partial charge in [-0.2, -0.15) is 0 Å². The monoisotopic (exact) mass is 402 g/mol. The van der Waals surface area contributed by atoms with Gasteiger partial charge in [-0.05, 0) is 30.3 Å². The van der Waals surface area contributed by atoms with E-state index in [2.05, 4.69) is 11.4 Å². The summed E-state index contributed by atoms with van der Waals surface area (Å²) in [4.78, 5) is 18.7. The van der Waals surface area contributed by atoms with Crippen LogP contribution >= 0.6 is 22.9 Å². The predicted octanol–water partition coefficient (Wildman–Crippen LogP) is 3.32. The molecule has 1 unspecified atom stereocenters. The Kier molecular flexibility index (Phi) is 5.29. The Bertz CT molecular complexity index is 942. The lowest BCUT2D eigenvalue weighted by Crippen LogP contribution is -3.11. The topological polar surface area (TPSA) is 55.7 Å². The zero-order valence-electron chi connectivity index (χ0n) is 15.0. The van der Waals surface area contributed by atoms with Crippen molar-refractivity contribution >= 4 is 44.7 Å². The molecule has 1 amide bonds. The molecule has 1 aromatic heterocycles. The van der Waals surface area contributed by atoms with Crippen LogP contribution in [-0.4, -0.2) is 31.1 Å². The Hall–Kier alpha value is -2.15. The lowest BCUT2D eigenvalue weighted by molar-refractivity contribution is -0.910. The molecule has 7 heteroatoms. The summed E-state index contributed by atoms with van der Waals surface area (Å²) >= 11 is 7.79. The number of anilines is 1. The maximum absolute atomic E-state index is 12.6. The minimum atomic E-state index is -0.0430. The molecule has 0 radical (unpaired) electrons. The Morgan fingerprint density at radius 3 is 3.04 bits per heavy atom. The number of nitrogens with one attached hydrogen (secondary N) is 2. The fraction of sp³-hybridized carbons (Fsp3) is 0.300. The van der Waals surface area contributed by atoms with Gasteiger partial charge in [-0.1, -0.05) is 23.7 Å². The average Bonchev–Trinajstić information content (AvgIpc) is 3.28. The van der Waals surface area contributed by atoms with Crippen LogP contribution in [0.1, 0.15) is 23.9 Å². The SMILES string of the molecule is COc1ccc(Cl)cc1NC(=O)C[NH+]1CCC[C@H]1c1nc2ccccc2s1. The fourth-order valence-electron chi connectivity index (χ4n) is 3.64. The number of benzene rings is 2. The highest BCUT2D eigenvalue weighted by Gasteiger charge is 2.34. The number of ether oxygens (including phenoxy) is 1. The number of halogens is 1. The van der Waals surface area contributed by atoms with E-state index in [9.17, 15) is 4.79 Å². The van der Waals surface area contributed by atoms with E-state index in [0.717, 1.165) is 29.9 Å². The summed E-state index contributed by atoms with van der Waals surface area (Å²) in [6, 6.07) is 13.7. The van der Waals surface area contributed by atoms with Gasteiger partial charge in [-0.25, -0.2) is 4.98 Å². The van der Waals surface area contributed by atoms with Gasteiger partial charge in [0.25, 0.3) is 5.91 Å². The van der Waals surface area contributed by atoms with Gasteiger partial charge in [0.1, 0.15) is 11.8 Å². The molecule has 0 bridgehead atoms. The van der Waals surface area contributed by atoms with Crippen molar-refractivity contribution in [3.63, 3.8) is 0 Å². The van der Waals surface area contributed by atoms with Crippen LogP contribution < -0.4 is 15.0 Å². The smallest absolute Gasteiger partial charge is 0.279 e. The van der Waals surface area contributed by atoms with Crippen molar-refractivity contribution in [2.75, 3.05) is 25.5 Å². The van der Waals surface area contributed by atoms with E-state index in [4.69, 9.17) is 21.3 Å².